The van der Waals surface area contributed by atoms with Gasteiger partial charge >= 0.3 is 5.69 Å². The van der Waals surface area contributed by atoms with E-state index in [1.165, 1.54) is 10.9 Å². The van der Waals surface area contributed by atoms with Crippen LogP contribution in [0.15, 0.2) is 65.7 Å². The van der Waals surface area contributed by atoms with Gasteiger partial charge in [-0.2, -0.15) is 0 Å². The summed E-state index contributed by atoms with van der Waals surface area (Å²) in [4.78, 5) is 36.3. The van der Waals surface area contributed by atoms with Crippen molar-refractivity contribution >= 4 is 22.9 Å². The van der Waals surface area contributed by atoms with E-state index < -0.39 is 0 Å². The molecule has 35 heavy (non-hydrogen) atoms. The van der Waals surface area contributed by atoms with Crippen molar-refractivity contribution in [3.63, 3.8) is 0 Å². The van der Waals surface area contributed by atoms with E-state index in [0.717, 1.165) is 18.6 Å². The molecule has 0 aliphatic carbocycles. The number of nitrogen functional groups attached to an aromatic ring is 1. The summed E-state index contributed by atoms with van der Waals surface area (Å²) in [6.45, 7) is 2.62. The van der Waals surface area contributed by atoms with Gasteiger partial charge < -0.3 is 15.4 Å². The van der Waals surface area contributed by atoms with E-state index in [-0.39, 0.29) is 23.5 Å². The fraction of sp³-hybridized carbons (Fsp3) is 0.231. The number of hydrogen-bond donors (Lipinski definition) is 1. The minimum atomic E-state index is -0.287. The monoisotopic (exact) mass is 468 g/mol. The van der Waals surface area contributed by atoms with E-state index in [1.807, 2.05) is 30.3 Å². The highest BCUT2D eigenvalue weighted by Crippen LogP contribution is 2.28. The number of aromatic nitrogens is 4. The first-order chi connectivity index (χ1) is 17.1. The van der Waals surface area contributed by atoms with Crippen molar-refractivity contribution in [1.82, 2.24) is 24.0 Å². The normalized spacial score (nSPS) is 15.5. The molecule has 0 spiro atoms. The van der Waals surface area contributed by atoms with Crippen molar-refractivity contribution in [1.29, 1.82) is 0 Å². The van der Waals surface area contributed by atoms with Gasteiger partial charge in [-0.05, 0) is 62.1 Å². The van der Waals surface area contributed by atoms with E-state index in [4.69, 9.17) is 10.5 Å². The van der Waals surface area contributed by atoms with Gasteiger partial charge in [0, 0.05) is 13.1 Å². The fourth-order valence-corrected chi connectivity index (χ4v) is 4.46. The number of carbonyl (C=O) groups excluding carboxylic acids is 1. The number of likely N-dealkylation sites (tertiary alicyclic amines) is 1. The number of anilines is 1. The lowest BCUT2D eigenvalue weighted by atomic mass is 10.1. The van der Waals surface area contributed by atoms with Crippen molar-refractivity contribution < 1.29 is 9.53 Å². The predicted molar refractivity (Wildman–Crippen MR) is 132 cm³/mol. The van der Waals surface area contributed by atoms with Gasteiger partial charge in [-0.3, -0.25) is 13.9 Å². The first kappa shape index (κ1) is 22.2. The van der Waals surface area contributed by atoms with Crippen LogP contribution < -0.4 is 16.2 Å². The smallest absolute Gasteiger partial charge is 0.335 e. The van der Waals surface area contributed by atoms with Crippen LogP contribution in [-0.2, 0) is 4.79 Å². The van der Waals surface area contributed by atoms with E-state index in [1.54, 1.807) is 40.7 Å². The van der Waals surface area contributed by atoms with Crippen LogP contribution in [0.25, 0.3) is 16.9 Å². The maximum atomic E-state index is 13.8. The number of amides is 1. The lowest BCUT2D eigenvalue weighted by Gasteiger charge is -2.31. The lowest BCUT2D eigenvalue weighted by Crippen LogP contribution is -2.42. The van der Waals surface area contributed by atoms with Crippen LogP contribution >= 0.6 is 0 Å². The Morgan fingerprint density at radius 1 is 1.09 bits per heavy atom. The predicted octanol–water partition coefficient (Wildman–Crippen LogP) is 3.14. The average molecular weight is 469 g/mol. The number of nitrogens with zero attached hydrogens (tertiary/aromatic N) is 5. The number of piperidine rings is 1. The number of para-hydroxylation sites is 1. The first-order valence-electron chi connectivity index (χ1n) is 11.3. The Bertz CT molecular complexity index is 1500. The molecule has 1 aliphatic rings. The molecule has 1 atom stereocenters. The Labute approximate surface area is 201 Å². The summed E-state index contributed by atoms with van der Waals surface area (Å²) in [5, 5.41) is 0. The van der Waals surface area contributed by atoms with Crippen molar-refractivity contribution in [3.8, 4) is 29.0 Å². The minimum absolute atomic E-state index is 0.205. The van der Waals surface area contributed by atoms with Gasteiger partial charge in [0.2, 0.25) is 0 Å². The number of nitrogens with two attached hydrogens (primary N) is 1. The molecule has 0 radical (unpaired) electrons. The summed E-state index contributed by atoms with van der Waals surface area (Å²) in [5.74, 6) is 6.56. The van der Waals surface area contributed by atoms with Crippen LogP contribution in [0.4, 0.5) is 5.82 Å². The van der Waals surface area contributed by atoms with Gasteiger partial charge in [0.1, 0.15) is 23.3 Å². The molecule has 3 heterocycles. The third kappa shape index (κ3) is 4.22. The summed E-state index contributed by atoms with van der Waals surface area (Å²) in [5.41, 5.74) is 7.42. The zero-order chi connectivity index (χ0) is 24.4. The zero-order valence-corrected chi connectivity index (χ0v) is 19.2. The molecular weight excluding hydrogens is 444 g/mol. The van der Waals surface area contributed by atoms with E-state index in [0.29, 0.717) is 35.7 Å². The topological polar surface area (TPSA) is 108 Å². The Kier molecular flexibility index (Phi) is 5.94. The lowest BCUT2D eigenvalue weighted by molar-refractivity contribution is -0.126. The van der Waals surface area contributed by atoms with Crippen LogP contribution in [0, 0.1) is 11.8 Å². The van der Waals surface area contributed by atoms with Crippen LogP contribution in [-0.4, -0.2) is 43.0 Å². The van der Waals surface area contributed by atoms with Gasteiger partial charge in [0.15, 0.2) is 11.5 Å². The summed E-state index contributed by atoms with van der Waals surface area (Å²) in [7, 11) is 0. The number of hydrogen-bond acceptors (Lipinski definition) is 6. The molecule has 176 valence electrons. The highest BCUT2D eigenvalue weighted by molar-refractivity contribution is 5.93. The van der Waals surface area contributed by atoms with Gasteiger partial charge in [-0.25, -0.2) is 14.8 Å². The molecule has 5 rings (SSSR count). The Morgan fingerprint density at radius 2 is 1.83 bits per heavy atom. The second-order valence-electron chi connectivity index (χ2n) is 8.25. The van der Waals surface area contributed by atoms with E-state index in [2.05, 4.69) is 21.8 Å². The SMILES string of the molecule is CC#CC(=O)N1CCCC(n2c(=O)n(-c3ccc(Oc4ccccc4)cc3)c3c(N)ncnc32)C1. The number of rotatable bonds is 4. The number of imidazole rings is 1. The molecule has 1 unspecified atom stereocenters. The third-order valence-electron chi connectivity index (χ3n) is 6.04. The summed E-state index contributed by atoms with van der Waals surface area (Å²) in [6, 6.07) is 16.4. The molecule has 2 aromatic heterocycles. The number of fused-ring (bicyclic) bond motifs is 1. The highest BCUT2D eigenvalue weighted by Gasteiger charge is 2.29. The molecule has 1 amide bonds. The van der Waals surface area contributed by atoms with Crippen molar-refractivity contribution in [3.05, 3.63) is 71.4 Å². The van der Waals surface area contributed by atoms with Crippen molar-refractivity contribution in [2.45, 2.75) is 25.8 Å². The Balaban J connectivity index is 1.55. The molecule has 1 fully saturated rings. The molecule has 1 aliphatic heterocycles. The number of ether oxygens (including phenoxy) is 1. The highest BCUT2D eigenvalue weighted by atomic mass is 16.5. The summed E-state index contributed by atoms with van der Waals surface area (Å²) in [6.07, 6.45) is 2.84. The van der Waals surface area contributed by atoms with Crippen molar-refractivity contribution in [2.24, 2.45) is 0 Å². The molecule has 0 bridgehead atoms. The van der Waals surface area contributed by atoms with Gasteiger partial charge in [0.05, 0.1) is 11.7 Å². The van der Waals surface area contributed by atoms with Crippen LogP contribution in [0.2, 0.25) is 0 Å². The number of carbonyl (C=O) groups is 1. The maximum Gasteiger partial charge on any atom is 0.335 e. The van der Waals surface area contributed by atoms with Gasteiger partial charge in [0.25, 0.3) is 5.91 Å². The molecule has 2 N–H and O–H groups in total. The van der Waals surface area contributed by atoms with E-state index in [9.17, 15) is 9.59 Å². The minimum Gasteiger partial charge on any atom is -0.457 e. The quantitative estimate of drug-likeness (QED) is 0.461. The van der Waals surface area contributed by atoms with Gasteiger partial charge in [-0.15, -0.1) is 0 Å². The zero-order valence-electron chi connectivity index (χ0n) is 19.2. The molecule has 9 heteroatoms. The van der Waals surface area contributed by atoms with E-state index >= 15 is 0 Å². The summed E-state index contributed by atoms with van der Waals surface area (Å²) >= 11 is 0. The molecule has 9 nitrogen and oxygen atoms in total. The fourth-order valence-electron chi connectivity index (χ4n) is 4.46. The summed E-state index contributed by atoms with van der Waals surface area (Å²) < 4.78 is 9.02. The third-order valence-corrected chi connectivity index (χ3v) is 6.04. The van der Waals surface area contributed by atoms with Crippen molar-refractivity contribution in [2.75, 3.05) is 18.8 Å². The molecule has 0 saturated carbocycles. The van der Waals surface area contributed by atoms with Crippen LogP contribution in [0.3, 0.4) is 0 Å². The molecule has 2 aromatic carbocycles. The van der Waals surface area contributed by atoms with Crippen LogP contribution in [0.1, 0.15) is 25.8 Å². The van der Waals surface area contributed by atoms with Gasteiger partial charge in [-0.1, -0.05) is 24.1 Å². The first-order valence-corrected chi connectivity index (χ1v) is 11.3. The Hall–Kier alpha value is -4.58. The second-order valence-corrected chi connectivity index (χ2v) is 8.25. The standard InChI is InChI=1S/C26H24N6O3/c1-2-7-22(33)30-15-6-8-19(16-30)32-25-23(24(27)28-17-29-25)31(26(32)34)18-11-13-21(14-12-18)35-20-9-4-3-5-10-20/h3-5,9-14,17,19H,6,8,15-16H2,1H3,(H2,27,28,29). The second kappa shape index (κ2) is 9.35. The van der Waals surface area contributed by atoms with Crippen LogP contribution in [0.5, 0.6) is 11.5 Å². The molecular formula is C26H24N6O3. The Morgan fingerprint density at radius 3 is 2.57 bits per heavy atom. The number of benzene rings is 2. The maximum absolute atomic E-state index is 13.8. The molecule has 4 aromatic rings. The average Bonchev–Trinajstić information content (AvgIpc) is 3.18. The largest absolute Gasteiger partial charge is 0.457 e. The molecule has 1 saturated heterocycles.